The molecule has 2 N–H and O–H groups in total. The fourth-order valence-corrected chi connectivity index (χ4v) is 2.34. The van der Waals surface area contributed by atoms with Crippen LogP contribution in [0.5, 0.6) is 0 Å². The van der Waals surface area contributed by atoms with Gasteiger partial charge in [-0.3, -0.25) is 15.7 Å². The first-order valence-corrected chi connectivity index (χ1v) is 12.5. The second kappa shape index (κ2) is 20.1. The Morgan fingerprint density at radius 3 is 1.97 bits per heavy atom. The predicted octanol–water partition coefficient (Wildman–Crippen LogP) is 4.53. The fourth-order valence-electron chi connectivity index (χ4n) is 2.34. The Bertz CT molecular complexity index is 743. The summed E-state index contributed by atoms with van der Waals surface area (Å²) in [5, 5.41) is 14.8. The zero-order valence-electron chi connectivity index (χ0n) is 18.1. The van der Waals surface area contributed by atoms with Crippen molar-refractivity contribution >= 4 is 19.6 Å². The van der Waals surface area contributed by atoms with Crippen LogP contribution in [0.3, 0.4) is 0 Å². The molecule has 2 aromatic carbocycles. The van der Waals surface area contributed by atoms with E-state index >= 15 is 0 Å². The summed E-state index contributed by atoms with van der Waals surface area (Å²) in [6.07, 6.45) is 11.0. The van der Waals surface area contributed by atoms with Gasteiger partial charge in [-0.15, -0.1) is 12.0 Å². The Balaban J connectivity index is -0.000000364. The van der Waals surface area contributed by atoms with Crippen molar-refractivity contribution < 1.29 is 39.0 Å². The van der Waals surface area contributed by atoms with Crippen LogP contribution in [-0.4, -0.2) is 29.8 Å². The van der Waals surface area contributed by atoms with E-state index in [4.69, 9.17) is 19.8 Å². The predicted molar refractivity (Wildman–Crippen MR) is 123 cm³/mol. The maximum Gasteiger partial charge on any atom is -0.0253 e. The Morgan fingerprint density at radius 2 is 1.50 bits per heavy atom. The van der Waals surface area contributed by atoms with Crippen LogP contribution in [0.1, 0.15) is 31.4 Å². The van der Waals surface area contributed by atoms with Crippen LogP contribution in [0.4, 0.5) is 0 Å². The van der Waals surface area contributed by atoms with Crippen molar-refractivity contribution in [1.82, 2.24) is 0 Å². The van der Waals surface area contributed by atoms with Crippen LogP contribution in [-0.2, 0) is 35.2 Å². The number of hydrogen-bond donors (Lipinski definition) is 2. The molecule has 2 aliphatic rings. The molecule has 0 atom stereocenters. The van der Waals surface area contributed by atoms with E-state index in [2.05, 4.69) is 54.6 Å². The molecule has 0 amide bonds. The van der Waals surface area contributed by atoms with E-state index in [1.807, 2.05) is 45.0 Å². The first-order chi connectivity index (χ1) is 13.4. The molecule has 4 rings (SSSR count). The Labute approximate surface area is 194 Å². The Hall–Kier alpha value is -2.21. The van der Waals surface area contributed by atoms with Gasteiger partial charge in [0.05, 0.1) is 0 Å². The number of aliphatic carboxylic acids is 2. The summed E-state index contributed by atoms with van der Waals surface area (Å²) in [7, 11) is 1.86. The molecule has 0 heterocycles. The van der Waals surface area contributed by atoms with Crippen LogP contribution in [0, 0.1) is 27.0 Å². The molecule has 0 saturated heterocycles. The van der Waals surface area contributed by atoms with Crippen molar-refractivity contribution in [3.63, 3.8) is 0 Å². The molecule has 0 aromatic heterocycles. The van der Waals surface area contributed by atoms with Crippen LogP contribution < -0.4 is 0 Å². The monoisotopic (exact) mass is 458 g/mol. The molecule has 6 heteroatoms. The van der Waals surface area contributed by atoms with Gasteiger partial charge in [0.2, 0.25) is 0 Å². The molecule has 4 nitrogen and oxygen atoms in total. The van der Waals surface area contributed by atoms with Gasteiger partial charge in [0, 0.05) is 13.8 Å². The summed E-state index contributed by atoms with van der Waals surface area (Å²) < 4.78 is 0. The number of carbonyl (C=O) groups is 2. The summed E-state index contributed by atoms with van der Waals surface area (Å²) in [5.74, 6) is -1.67. The quantitative estimate of drug-likeness (QED) is 0.384. The van der Waals surface area contributed by atoms with Gasteiger partial charge < -0.3 is 25.1 Å². The maximum absolute atomic E-state index is 9.00. The molecule has 0 aliphatic heterocycles. The molecule has 162 valence electrons. The number of fused-ring (bicyclic) bond motifs is 3. The van der Waals surface area contributed by atoms with Gasteiger partial charge in [-0.25, -0.2) is 12.2 Å². The van der Waals surface area contributed by atoms with Crippen molar-refractivity contribution in [2.75, 3.05) is 0 Å². The van der Waals surface area contributed by atoms with Gasteiger partial charge in [-0.2, -0.15) is 35.9 Å². The summed E-state index contributed by atoms with van der Waals surface area (Å²) in [6, 6.07) is 18.1. The van der Waals surface area contributed by atoms with E-state index < -0.39 is 11.9 Å². The topological polar surface area (TPSA) is 74.6 Å². The van der Waals surface area contributed by atoms with Crippen molar-refractivity contribution in [2.24, 2.45) is 0 Å². The molecular formula is C24H30O4SiTi-4. The van der Waals surface area contributed by atoms with Crippen LogP contribution in [0.2, 0.25) is 0 Å². The van der Waals surface area contributed by atoms with Gasteiger partial charge >= 0.3 is 26.8 Å². The Kier molecular flexibility index (Phi) is 21.7. The minimum absolute atomic E-state index is 0. The molecule has 0 spiro atoms. The minimum Gasteiger partial charge on any atom is -0.179 e. The average Bonchev–Trinajstić information content (AvgIpc) is 3.34. The van der Waals surface area contributed by atoms with Crippen molar-refractivity contribution in [3.05, 3.63) is 98.8 Å². The molecule has 0 unspecified atom stereocenters. The summed E-state index contributed by atoms with van der Waals surface area (Å²) in [4.78, 5) is 18.0. The molecule has 0 saturated carbocycles. The van der Waals surface area contributed by atoms with E-state index in [1.165, 1.54) is 22.3 Å². The van der Waals surface area contributed by atoms with E-state index in [-0.39, 0.29) is 14.9 Å². The van der Waals surface area contributed by atoms with Gasteiger partial charge in [-0.05, 0) is 6.42 Å². The van der Waals surface area contributed by atoms with Gasteiger partial charge in [0.25, 0.3) is 11.9 Å². The number of carboxylic acids is 2. The van der Waals surface area contributed by atoms with Crippen molar-refractivity contribution in [1.29, 1.82) is 0 Å². The van der Waals surface area contributed by atoms with Crippen LogP contribution >= 0.6 is 0 Å². The zero-order chi connectivity index (χ0) is 21.4. The molecule has 2 aliphatic carbocycles. The van der Waals surface area contributed by atoms with E-state index in [0.717, 1.165) is 26.7 Å². The third-order valence-electron chi connectivity index (χ3n) is 3.20. The SMILES string of the molecule is CC(=O)O.CC(=O)O.[C-]1=CC=CC1.[CH3-].[CH3-].[SiH2]=[Ti].[c-]1cccc2c1Cc1ccccc1-2. The van der Waals surface area contributed by atoms with Crippen LogP contribution in [0.15, 0.2) is 60.7 Å². The number of hydrogen-bond acceptors (Lipinski definition) is 2. The maximum atomic E-state index is 9.00. The van der Waals surface area contributed by atoms with E-state index in [0.29, 0.717) is 0 Å². The van der Waals surface area contributed by atoms with E-state index in [9.17, 15) is 0 Å². The largest absolute Gasteiger partial charge is 0.179 e. The van der Waals surface area contributed by atoms with Crippen molar-refractivity contribution in [2.45, 2.75) is 26.7 Å². The second-order valence-electron chi connectivity index (χ2n) is 5.44. The average molecular weight is 458 g/mol. The normalized spacial score (nSPS) is 10.0. The first kappa shape index (κ1) is 32.5. The summed E-state index contributed by atoms with van der Waals surface area (Å²) in [6.45, 7) is 2.17. The third kappa shape index (κ3) is 14.7. The number of carboxylic acid groups (broad SMARTS) is 2. The number of allylic oxidation sites excluding steroid dienone is 4. The van der Waals surface area contributed by atoms with E-state index in [1.54, 1.807) is 0 Å². The third-order valence-corrected chi connectivity index (χ3v) is 3.20. The zero-order valence-corrected chi connectivity index (χ0v) is 21.1. The van der Waals surface area contributed by atoms with Gasteiger partial charge in [-0.1, -0.05) is 35.4 Å². The Morgan fingerprint density at radius 1 is 0.967 bits per heavy atom. The molecule has 0 bridgehead atoms. The van der Waals surface area contributed by atoms with Gasteiger partial charge in [0.1, 0.15) is 0 Å². The van der Waals surface area contributed by atoms with Crippen LogP contribution in [0.25, 0.3) is 11.1 Å². The molecular weight excluding hydrogens is 428 g/mol. The summed E-state index contributed by atoms with van der Waals surface area (Å²) >= 11 is 2.03. The molecule has 0 radical (unpaired) electrons. The molecule has 0 fully saturated rings. The number of benzene rings is 2. The summed E-state index contributed by atoms with van der Waals surface area (Å²) in [5.41, 5.74) is 5.51. The van der Waals surface area contributed by atoms with Gasteiger partial charge in [0.15, 0.2) is 0 Å². The smallest absolute Gasteiger partial charge is 0.0253 e. The molecule has 2 aromatic rings. The minimum atomic E-state index is -0.833. The molecule has 30 heavy (non-hydrogen) atoms. The standard InChI is InChI=1S/C13H9.C5H5.2C2H4O2.2CH3.H2Si.Ti/c1-3-7-12-10(5-1)9-11-6-2-4-8-13(11)12;1-2-4-5-3-1;2*1-2(3)4;;;;/h1-5,7-8H,9H2;1-3H,4H2;2*1H3,(H,3,4);2*1H3;1H2;/q2*-1;;;2*-1;;. The van der Waals surface area contributed by atoms with Crippen molar-refractivity contribution in [3.8, 4) is 11.1 Å². The first-order valence-electron chi connectivity index (χ1n) is 8.45. The number of rotatable bonds is 0. The fraction of sp³-hybridized carbons (Fsp3) is 0.167. The second-order valence-corrected chi connectivity index (χ2v) is 5.44.